The number of piperidine rings is 1. The van der Waals surface area contributed by atoms with Crippen LogP contribution in [0.3, 0.4) is 0 Å². The molecule has 5 heteroatoms. The van der Waals surface area contributed by atoms with Crippen LogP contribution >= 0.6 is 15.9 Å². The average Bonchev–Trinajstić information content (AvgIpc) is 2.60. The van der Waals surface area contributed by atoms with Gasteiger partial charge in [-0.2, -0.15) is 5.10 Å². The first-order valence-corrected chi connectivity index (χ1v) is 6.39. The van der Waals surface area contributed by atoms with Crippen molar-refractivity contribution in [2.24, 2.45) is 13.0 Å². The van der Waals surface area contributed by atoms with Crippen molar-refractivity contribution < 1.29 is 4.79 Å². The number of rotatable bonds is 3. The fraction of sp³-hybridized carbons (Fsp3) is 0.636. The molecule has 1 aliphatic heterocycles. The minimum absolute atomic E-state index is 0.181. The zero-order valence-corrected chi connectivity index (χ0v) is 11.0. The molecule has 1 fully saturated rings. The average molecular weight is 286 g/mol. The summed E-state index contributed by atoms with van der Waals surface area (Å²) in [6.45, 7) is 2.04. The van der Waals surface area contributed by atoms with Crippen LogP contribution in [0.2, 0.25) is 0 Å². The number of nitrogens with zero attached hydrogens (tertiary/aromatic N) is 2. The molecular formula is C11H16BrN3O. The quantitative estimate of drug-likeness (QED) is 0.861. The van der Waals surface area contributed by atoms with Gasteiger partial charge in [-0.1, -0.05) is 0 Å². The molecular weight excluding hydrogens is 270 g/mol. The molecule has 0 radical (unpaired) electrons. The summed E-state index contributed by atoms with van der Waals surface area (Å²) < 4.78 is 2.44. The molecule has 1 N–H and O–H groups in total. The van der Waals surface area contributed by atoms with Gasteiger partial charge in [-0.15, -0.1) is 0 Å². The predicted molar refractivity (Wildman–Crippen MR) is 65.4 cm³/mol. The van der Waals surface area contributed by atoms with Crippen LogP contribution in [-0.4, -0.2) is 28.7 Å². The van der Waals surface area contributed by atoms with Crippen molar-refractivity contribution >= 4 is 21.7 Å². The maximum Gasteiger partial charge on any atom is 0.182 e. The third kappa shape index (κ3) is 2.52. The molecule has 88 valence electrons. The van der Waals surface area contributed by atoms with Crippen LogP contribution in [0, 0.1) is 5.92 Å². The standard InChI is InChI=1S/C11H16BrN3O/c1-15-11(9(12)7-14-15)10(16)5-8-3-2-4-13-6-8/h7-8,13H,2-6H2,1H3. The van der Waals surface area contributed by atoms with Gasteiger partial charge in [0.15, 0.2) is 5.78 Å². The van der Waals surface area contributed by atoms with Crippen molar-refractivity contribution in [2.75, 3.05) is 13.1 Å². The zero-order chi connectivity index (χ0) is 11.5. The highest BCUT2D eigenvalue weighted by atomic mass is 79.9. The Kier molecular flexibility index (Phi) is 3.76. The monoisotopic (exact) mass is 285 g/mol. The molecule has 1 aromatic heterocycles. The molecule has 1 unspecified atom stereocenters. The van der Waals surface area contributed by atoms with Crippen LogP contribution in [0.15, 0.2) is 10.7 Å². The van der Waals surface area contributed by atoms with E-state index in [0.29, 0.717) is 18.0 Å². The van der Waals surface area contributed by atoms with Gasteiger partial charge in [0, 0.05) is 13.5 Å². The number of carbonyl (C=O) groups excluding carboxylic acids is 1. The Labute approximate surface area is 104 Å². The molecule has 0 bridgehead atoms. The molecule has 1 saturated heterocycles. The summed E-state index contributed by atoms with van der Waals surface area (Å²) in [5.74, 6) is 0.656. The van der Waals surface area contributed by atoms with Crippen LogP contribution in [-0.2, 0) is 7.05 Å². The Morgan fingerprint density at radius 3 is 3.12 bits per heavy atom. The van der Waals surface area contributed by atoms with Gasteiger partial charge in [0.05, 0.1) is 10.7 Å². The van der Waals surface area contributed by atoms with E-state index in [1.807, 2.05) is 0 Å². The molecule has 0 amide bonds. The molecule has 0 aliphatic carbocycles. The summed E-state index contributed by atoms with van der Waals surface area (Å²) >= 11 is 3.36. The topological polar surface area (TPSA) is 46.9 Å². The van der Waals surface area contributed by atoms with E-state index in [1.54, 1.807) is 17.9 Å². The number of halogens is 1. The smallest absolute Gasteiger partial charge is 0.182 e. The van der Waals surface area contributed by atoms with E-state index >= 15 is 0 Å². The van der Waals surface area contributed by atoms with E-state index in [4.69, 9.17) is 0 Å². The molecule has 0 aromatic carbocycles. The molecule has 16 heavy (non-hydrogen) atoms. The minimum Gasteiger partial charge on any atom is -0.316 e. The fourth-order valence-corrected chi connectivity index (χ4v) is 2.75. The summed E-state index contributed by atoms with van der Waals surface area (Å²) in [4.78, 5) is 12.1. The summed E-state index contributed by atoms with van der Waals surface area (Å²) in [6, 6.07) is 0. The summed E-state index contributed by atoms with van der Waals surface area (Å²) in [6.07, 6.45) is 4.61. The first-order chi connectivity index (χ1) is 7.68. The van der Waals surface area contributed by atoms with Gasteiger partial charge in [0.1, 0.15) is 5.69 Å². The molecule has 1 aromatic rings. The second-order valence-electron chi connectivity index (χ2n) is 4.30. The highest BCUT2D eigenvalue weighted by Crippen LogP contribution is 2.21. The van der Waals surface area contributed by atoms with Crippen molar-refractivity contribution in [3.8, 4) is 0 Å². The van der Waals surface area contributed by atoms with Gasteiger partial charge in [0.2, 0.25) is 0 Å². The highest BCUT2D eigenvalue weighted by molar-refractivity contribution is 9.10. The first kappa shape index (κ1) is 11.8. The van der Waals surface area contributed by atoms with Crippen molar-refractivity contribution in [1.29, 1.82) is 0 Å². The van der Waals surface area contributed by atoms with Gasteiger partial charge in [-0.3, -0.25) is 9.48 Å². The molecule has 1 atom stereocenters. The lowest BCUT2D eigenvalue weighted by Gasteiger charge is -2.21. The molecule has 0 saturated carbocycles. The Hall–Kier alpha value is -0.680. The summed E-state index contributed by atoms with van der Waals surface area (Å²) in [7, 11) is 1.80. The minimum atomic E-state index is 0.181. The maximum atomic E-state index is 12.1. The van der Waals surface area contributed by atoms with Gasteiger partial charge in [0.25, 0.3) is 0 Å². The van der Waals surface area contributed by atoms with E-state index < -0.39 is 0 Å². The van der Waals surface area contributed by atoms with Crippen LogP contribution in [0.25, 0.3) is 0 Å². The maximum absolute atomic E-state index is 12.1. The number of Topliss-reactive ketones (excluding diaryl/α,β-unsaturated/α-hetero) is 1. The van der Waals surface area contributed by atoms with Crippen LogP contribution < -0.4 is 5.32 Å². The highest BCUT2D eigenvalue weighted by Gasteiger charge is 2.21. The number of hydrogen-bond acceptors (Lipinski definition) is 3. The van der Waals surface area contributed by atoms with E-state index in [9.17, 15) is 4.79 Å². The Bertz CT molecular complexity index is 363. The van der Waals surface area contributed by atoms with Crippen LogP contribution in [0.4, 0.5) is 0 Å². The van der Waals surface area contributed by atoms with Crippen molar-refractivity contribution in [1.82, 2.24) is 15.1 Å². The second kappa shape index (κ2) is 5.10. The van der Waals surface area contributed by atoms with E-state index in [2.05, 4.69) is 26.3 Å². The van der Waals surface area contributed by atoms with Crippen molar-refractivity contribution in [2.45, 2.75) is 19.3 Å². The lowest BCUT2D eigenvalue weighted by atomic mass is 9.93. The lowest BCUT2D eigenvalue weighted by molar-refractivity contribution is 0.0943. The van der Waals surface area contributed by atoms with E-state index in [1.165, 1.54) is 6.42 Å². The number of aromatic nitrogens is 2. The van der Waals surface area contributed by atoms with Crippen LogP contribution in [0.5, 0.6) is 0 Å². The molecule has 4 nitrogen and oxygen atoms in total. The summed E-state index contributed by atoms with van der Waals surface area (Å²) in [5.41, 5.74) is 0.686. The normalized spacial score (nSPS) is 21.0. The number of hydrogen-bond donors (Lipinski definition) is 1. The van der Waals surface area contributed by atoms with E-state index in [-0.39, 0.29) is 5.78 Å². The van der Waals surface area contributed by atoms with Gasteiger partial charge in [-0.05, 0) is 47.8 Å². The number of carbonyl (C=O) groups is 1. The van der Waals surface area contributed by atoms with Crippen molar-refractivity contribution in [3.05, 3.63) is 16.4 Å². The van der Waals surface area contributed by atoms with Gasteiger partial charge >= 0.3 is 0 Å². The Balaban J connectivity index is 2.02. The number of ketones is 1. The predicted octanol–water partition coefficient (Wildman–Crippen LogP) is 1.75. The number of nitrogens with one attached hydrogen (secondary N) is 1. The Morgan fingerprint density at radius 2 is 2.56 bits per heavy atom. The van der Waals surface area contributed by atoms with E-state index in [0.717, 1.165) is 24.0 Å². The SMILES string of the molecule is Cn1ncc(Br)c1C(=O)CC1CCCNC1. The van der Waals surface area contributed by atoms with Crippen molar-refractivity contribution in [3.63, 3.8) is 0 Å². The third-order valence-corrected chi connectivity index (χ3v) is 3.61. The third-order valence-electron chi connectivity index (χ3n) is 3.03. The molecule has 2 heterocycles. The zero-order valence-electron chi connectivity index (χ0n) is 9.37. The van der Waals surface area contributed by atoms with Gasteiger partial charge < -0.3 is 5.32 Å². The van der Waals surface area contributed by atoms with Crippen LogP contribution in [0.1, 0.15) is 29.8 Å². The fourth-order valence-electron chi connectivity index (χ4n) is 2.18. The Morgan fingerprint density at radius 1 is 1.75 bits per heavy atom. The molecule has 0 spiro atoms. The number of aryl methyl sites for hydroxylation is 1. The summed E-state index contributed by atoms with van der Waals surface area (Å²) in [5, 5.41) is 7.39. The molecule has 2 rings (SSSR count). The second-order valence-corrected chi connectivity index (χ2v) is 5.16. The lowest BCUT2D eigenvalue weighted by Crippen LogP contribution is -2.31. The largest absolute Gasteiger partial charge is 0.316 e. The van der Waals surface area contributed by atoms with Gasteiger partial charge in [-0.25, -0.2) is 0 Å². The first-order valence-electron chi connectivity index (χ1n) is 5.60. The molecule has 1 aliphatic rings.